The van der Waals surface area contributed by atoms with Gasteiger partial charge in [-0.15, -0.1) is 17.9 Å². The summed E-state index contributed by atoms with van der Waals surface area (Å²) in [5.41, 5.74) is 8.88. The van der Waals surface area contributed by atoms with Crippen LogP contribution in [0.4, 0.5) is 10.1 Å². The molecule has 8 heteroatoms. The Morgan fingerprint density at radius 1 is 1.10 bits per heavy atom. The van der Waals surface area contributed by atoms with E-state index in [1.807, 2.05) is 30.3 Å². The molecule has 4 aromatic rings. The molecule has 1 heterocycles. The first kappa shape index (κ1) is 23.0. The van der Waals surface area contributed by atoms with Gasteiger partial charge in [-0.2, -0.15) is 0 Å². The summed E-state index contributed by atoms with van der Waals surface area (Å²) in [6.07, 6.45) is -0.550. The average molecular weight is 445 g/mol. The summed E-state index contributed by atoms with van der Waals surface area (Å²) in [6, 6.07) is 21.0. The Morgan fingerprint density at radius 2 is 1.83 bits per heavy atom. The summed E-state index contributed by atoms with van der Waals surface area (Å²) < 4.78 is 14.0. The van der Waals surface area contributed by atoms with Gasteiger partial charge in [0.2, 0.25) is 0 Å². The van der Waals surface area contributed by atoms with E-state index in [0.717, 1.165) is 21.3 Å². The van der Waals surface area contributed by atoms with Gasteiger partial charge < -0.3 is 16.4 Å². The van der Waals surface area contributed by atoms with Crippen molar-refractivity contribution in [2.24, 2.45) is 0 Å². The van der Waals surface area contributed by atoms with Gasteiger partial charge in [0.15, 0.2) is 5.01 Å². The number of hydrogen-bond donors (Lipinski definition) is 2. The predicted molar refractivity (Wildman–Crippen MR) is 114 cm³/mol. The van der Waals surface area contributed by atoms with E-state index in [0.29, 0.717) is 17.2 Å². The molecule has 0 spiro atoms. The molecule has 0 fully saturated rings. The summed E-state index contributed by atoms with van der Waals surface area (Å²) in [4.78, 5) is 17.2. The number of amides is 1. The molecular weight excluding hydrogens is 426 g/mol. The average Bonchev–Trinajstić information content (AvgIpc) is 3.16. The molecule has 0 saturated heterocycles. The normalized spacial score (nSPS) is 11.6. The van der Waals surface area contributed by atoms with Gasteiger partial charge in [-0.05, 0) is 42.1 Å². The monoisotopic (exact) mass is 444 g/mol. The van der Waals surface area contributed by atoms with Gasteiger partial charge in [0.05, 0.1) is 10.2 Å². The molecule has 3 aromatic carbocycles. The van der Waals surface area contributed by atoms with Gasteiger partial charge in [0.25, 0.3) is 5.91 Å². The van der Waals surface area contributed by atoms with Crippen LogP contribution in [-0.2, 0) is 6.54 Å². The smallest absolute Gasteiger partial charge is 0.635 e. The van der Waals surface area contributed by atoms with Crippen molar-refractivity contribution >= 4 is 33.1 Å². The molecule has 0 bridgehead atoms. The molecule has 30 heavy (non-hydrogen) atoms. The van der Waals surface area contributed by atoms with Crippen molar-refractivity contribution < 1.29 is 60.6 Å². The van der Waals surface area contributed by atoms with Crippen molar-refractivity contribution in [3.05, 3.63) is 100 Å². The number of carbonyl (C=O) groups is 1. The number of anilines is 1. The van der Waals surface area contributed by atoms with Crippen LogP contribution in [0, 0.1) is 5.82 Å². The topological polar surface area (TPSA) is 82.1 Å². The minimum absolute atomic E-state index is 0. The van der Waals surface area contributed by atoms with E-state index in [-0.39, 0.29) is 63.1 Å². The Morgan fingerprint density at radius 3 is 2.57 bits per heavy atom. The van der Waals surface area contributed by atoms with Crippen LogP contribution >= 0.6 is 11.3 Å². The molecule has 1 amide bonds. The maximum absolute atomic E-state index is 13.1. The molecule has 0 radical (unpaired) electrons. The number of halogens is 1. The summed E-state index contributed by atoms with van der Waals surface area (Å²) >= 11 is 1.29. The van der Waals surface area contributed by atoms with Crippen molar-refractivity contribution in [1.29, 1.82) is 0 Å². The molecule has 0 saturated carbocycles. The van der Waals surface area contributed by atoms with Gasteiger partial charge >= 0.3 is 51.4 Å². The van der Waals surface area contributed by atoms with Crippen molar-refractivity contribution in [3.8, 4) is 0 Å². The zero-order valence-corrected chi connectivity index (χ0v) is 20.3. The van der Waals surface area contributed by atoms with Crippen molar-refractivity contribution in [1.82, 2.24) is 10.3 Å². The van der Waals surface area contributed by atoms with E-state index in [1.54, 1.807) is 30.3 Å². The summed E-state index contributed by atoms with van der Waals surface area (Å²) in [5.74, 6) is -0.598. The number of aromatic nitrogens is 1. The number of nitrogen functional groups attached to an aromatic ring is 1. The number of nitrogens with one attached hydrogen (secondary N) is 1. The standard InChI is InChI=1S/C22H18FN4OS.K/c23-16-8-6-14(7-9-16)13-25-20(15-4-2-1-3-5-15)27-21(28)22-26-18-11-10-17(24)12-19(18)29-22;/h1-12,20H,13,24H2,(H,27,28);/q-1;+1. The van der Waals surface area contributed by atoms with Crippen LogP contribution in [0.3, 0.4) is 0 Å². The molecule has 3 N–H and O–H groups in total. The van der Waals surface area contributed by atoms with Gasteiger partial charge in [-0.25, -0.2) is 9.37 Å². The molecule has 5 nitrogen and oxygen atoms in total. The summed E-state index contributed by atoms with van der Waals surface area (Å²) in [6.45, 7) is 0.344. The van der Waals surface area contributed by atoms with Crippen LogP contribution < -0.4 is 62.4 Å². The van der Waals surface area contributed by atoms with Gasteiger partial charge in [0.1, 0.15) is 5.82 Å². The second kappa shape index (κ2) is 10.6. The third kappa shape index (κ3) is 5.73. The fraction of sp³-hybridized carbons (Fsp3) is 0.0909. The quantitative estimate of drug-likeness (QED) is 0.353. The van der Waals surface area contributed by atoms with E-state index >= 15 is 0 Å². The molecule has 146 valence electrons. The Hall–Kier alpha value is -1.65. The number of benzene rings is 3. The third-order valence-corrected chi connectivity index (χ3v) is 5.38. The maximum Gasteiger partial charge on any atom is 1.00 e. The number of carbonyl (C=O) groups excluding carboxylic acids is 1. The number of thiazole rings is 1. The van der Waals surface area contributed by atoms with E-state index in [2.05, 4.69) is 15.6 Å². The van der Waals surface area contributed by atoms with Crippen LogP contribution in [0.1, 0.15) is 27.1 Å². The predicted octanol–water partition coefficient (Wildman–Crippen LogP) is 2.02. The van der Waals surface area contributed by atoms with E-state index in [9.17, 15) is 9.18 Å². The number of nitrogens with zero attached hydrogens (tertiary/aromatic N) is 2. The summed E-state index contributed by atoms with van der Waals surface area (Å²) in [7, 11) is 0. The van der Waals surface area contributed by atoms with E-state index < -0.39 is 6.17 Å². The molecule has 1 atom stereocenters. The minimum atomic E-state index is -0.550. The van der Waals surface area contributed by atoms with Gasteiger partial charge in [0, 0.05) is 5.69 Å². The number of fused-ring (bicyclic) bond motifs is 1. The van der Waals surface area contributed by atoms with E-state index in [4.69, 9.17) is 5.73 Å². The Labute approximate surface area is 220 Å². The molecule has 0 aliphatic heterocycles. The fourth-order valence-corrected chi connectivity index (χ4v) is 3.80. The Bertz CT molecular complexity index is 1140. The van der Waals surface area contributed by atoms with Crippen LogP contribution in [0.5, 0.6) is 0 Å². The minimum Gasteiger partial charge on any atom is -0.635 e. The van der Waals surface area contributed by atoms with Crippen molar-refractivity contribution in [2.75, 3.05) is 5.73 Å². The fourth-order valence-electron chi connectivity index (χ4n) is 2.88. The Balaban J connectivity index is 0.00000256. The van der Waals surface area contributed by atoms with Crippen LogP contribution in [0.2, 0.25) is 0 Å². The van der Waals surface area contributed by atoms with Crippen molar-refractivity contribution in [2.45, 2.75) is 12.7 Å². The molecule has 1 unspecified atom stereocenters. The zero-order valence-electron chi connectivity index (χ0n) is 16.4. The molecule has 0 aliphatic carbocycles. The third-order valence-electron chi connectivity index (χ3n) is 4.36. The largest absolute Gasteiger partial charge is 1.00 e. The van der Waals surface area contributed by atoms with Gasteiger partial charge in [-0.3, -0.25) is 4.79 Å². The second-order valence-corrected chi connectivity index (χ2v) is 7.53. The first-order valence-corrected chi connectivity index (χ1v) is 9.83. The molecule has 1 aromatic heterocycles. The summed E-state index contributed by atoms with van der Waals surface area (Å²) in [5, 5.41) is 7.92. The van der Waals surface area contributed by atoms with Crippen molar-refractivity contribution in [3.63, 3.8) is 0 Å². The molecular formula is C22H18FKN4OS. The maximum atomic E-state index is 13.1. The van der Waals surface area contributed by atoms with Gasteiger partial charge in [-0.1, -0.05) is 48.0 Å². The van der Waals surface area contributed by atoms with Crippen LogP contribution in [0.15, 0.2) is 72.8 Å². The first-order chi connectivity index (χ1) is 14.1. The van der Waals surface area contributed by atoms with Crippen LogP contribution in [-0.4, -0.2) is 10.9 Å². The Kier molecular flexibility index (Phi) is 8.12. The van der Waals surface area contributed by atoms with E-state index in [1.165, 1.54) is 23.5 Å². The molecule has 4 rings (SSSR count). The first-order valence-electron chi connectivity index (χ1n) is 9.01. The number of rotatable bonds is 6. The van der Waals surface area contributed by atoms with Crippen LogP contribution in [0.25, 0.3) is 15.5 Å². The number of nitrogens with two attached hydrogens (primary N) is 1. The SMILES string of the molecule is Nc1ccc2nc(C(=O)NC([N-]Cc3ccc(F)cc3)c3ccccc3)sc2c1.[K+]. The number of hydrogen-bond acceptors (Lipinski definition) is 4. The molecule has 0 aliphatic rings. The second-order valence-electron chi connectivity index (χ2n) is 6.50. The zero-order chi connectivity index (χ0) is 20.2.